The fourth-order valence-corrected chi connectivity index (χ4v) is 2.64. The van der Waals surface area contributed by atoms with Crippen molar-refractivity contribution >= 4 is 15.7 Å². The molecule has 98 valence electrons. The molecular weight excluding hydrogens is 248 g/mol. The van der Waals surface area contributed by atoms with Gasteiger partial charge in [0.25, 0.3) is 0 Å². The lowest BCUT2D eigenvalue weighted by atomic mass is 10.1. The van der Waals surface area contributed by atoms with Crippen LogP contribution in [0.15, 0.2) is 18.2 Å². The highest BCUT2D eigenvalue weighted by atomic mass is 32.2. The Morgan fingerprint density at radius 1 is 1.39 bits per heavy atom. The van der Waals surface area contributed by atoms with E-state index in [2.05, 4.69) is 16.6 Å². The standard InChI is InChI=1S/C13H18N2O2S/c1-3-9-18(16,17)15-13-10-12(5-4-8-14)7-6-11(13)2/h6-7,10,15H,3,8-9,14H2,1-2H3. The molecule has 0 saturated heterocycles. The van der Waals surface area contributed by atoms with E-state index in [0.717, 1.165) is 11.1 Å². The highest BCUT2D eigenvalue weighted by molar-refractivity contribution is 7.92. The second-order valence-corrected chi connectivity index (χ2v) is 5.80. The zero-order chi connectivity index (χ0) is 13.6. The van der Waals surface area contributed by atoms with Crippen LogP contribution in [0.1, 0.15) is 24.5 Å². The van der Waals surface area contributed by atoms with Crippen LogP contribution in [0.5, 0.6) is 0 Å². The summed E-state index contributed by atoms with van der Waals surface area (Å²) in [5.41, 5.74) is 7.50. The maximum absolute atomic E-state index is 11.7. The minimum absolute atomic E-state index is 0.116. The second kappa shape index (κ2) is 6.43. The molecule has 4 nitrogen and oxygen atoms in total. The van der Waals surface area contributed by atoms with E-state index in [1.807, 2.05) is 26.0 Å². The first-order valence-corrected chi connectivity index (χ1v) is 7.44. The first kappa shape index (κ1) is 14.6. The average Bonchev–Trinajstić information content (AvgIpc) is 2.29. The van der Waals surface area contributed by atoms with Crippen molar-refractivity contribution in [3.05, 3.63) is 29.3 Å². The Kier molecular flexibility index (Phi) is 5.20. The molecule has 0 aliphatic carbocycles. The van der Waals surface area contributed by atoms with Gasteiger partial charge < -0.3 is 5.73 Å². The van der Waals surface area contributed by atoms with Crippen LogP contribution in [-0.4, -0.2) is 20.7 Å². The Bertz CT molecular complexity index is 568. The lowest BCUT2D eigenvalue weighted by Crippen LogP contribution is -2.16. The molecule has 0 aliphatic rings. The Labute approximate surface area is 109 Å². The maximum Gasteiger partial charge on any atom is 0.232 e. The monoisotopic (exact) mass is 266 g/mol. The summed E-state index contributed by atoms with van der Waals surface area (Å²) in [6.45, 7) is 3.96. The smallest absolute Gasteiger partial charge is 0.232 e. The molecule has 0 bridgehead atoms. The summed E-state index contributed by atoms with van der Waals surface area (Å²) in [5, 5.41) is 0. The van der Waals surface area contributed by atoms with Gasteiger partial charge in [-0.1, -0.05) is 24.8 Å². The molecule has 1 aromatic rings. The van der Waals surface area contributed by atoms with E-state index < -0.39 is 10.0 Å². The molecule has 0 fully saturated rings. The van der Waals surface area contributed by atoms with Crippen molar-refractivity contribution in [1.29, 1.82) is 0 Å². The lowest BCUT2D eigenvalue weighted by molar-refractivity contribution is 0.600. The SMILES string of the molecule is CCCS(=O)(=O)Nc1cc(C#CCN)ccc1C. The van der Waals surface area contributed by atoms with E-state index in [4.69, 9.17) is 5.73 Å². The van der Waals surface area contributed by atoms with Crippen LogP contribution in [0.25, 0.3) is 0 Å². The number of aryl methyl sites for hydroxylation is 1. The van der Waals surface area contributed by atoms with Crippen molar-refractivity contribution < 1.29 is 8.42 Å². The first-order chi connectivity index (χ1) is 8.48. The molecule has 0 radical (unpaired) electrons. The zero-order valence-electron chi connectivity index (χ0n) is 10.7. The highest BCUT2D eigenvalue weighted by Gasteiger charge is 2.10. The summed E-state index contributed by atoms with van der Waals surface area (Å²) in [7, 11) is -3.27. The average molecular weight is 266 g/mol. The maximum atomic E-state index is 11.7. The van der Waals surface area contributed by atoms with E-state index in [9.17, 15) is 8.42 Å². The predicted octanol–water partition coefficient (Wildman–Crippen LogP) is 1.46. The number of benzene rings is 1. The van der Waals surface area contributed by atoms with Gasteiger partial charge >= 0.3 is 0 Å². The lowest BCUT2D eigenvalue weighted by Gasteiger charge is -2.10. The molecule has 3 N–H and O–H groups in total. The van der Waals surface area contributed by atoms with Gasteiger partial charge in [0.2, 0.25) is 10.0 Å². The van der Waals surface area contributed by atoms with E-state index >= 15 is 0 Å². The summed E-state index contributed by atoms with van der Waals surface area (Å²) in [5.74, 6) is 5.74. The predicted molar refractivity (Wildman–Crippen MR) is 74.8 cm³/mol. The molecule has 0 atom stereocenters. The Morgan fingerprint density at radius 3 is 2.72 bits per heavy atom. The number of rotatable bonds is 4. The Morgan fingerprint density at radius 2 is 2.11 bits per heavy atom. The number of hydrogen-bond donors (Lipinski definition) is 2. The summed E-state index contributed by atoms with van der Waals surface area (Å²) >= 11 is 0. The number of nitrogens with two attached hydrogens (primary N) is 1. The molecule has 5 heteroatoms. The number of nitrogens with one attached hydrogen (secondary N) is 1. The highest BCUT2D eigenvalue weighted by Crippen LogP contribution is 2.18. The van der Waals surface area contributed by atoms with E-state index in [1.165, 1.54) is 0 Å². The minimum atomic E-state index is -3.27. The van der Waals surface area contributed by atoms with Crippen molar-refractivity contribution in [2.24, 2.45) is 5.73 Å². The third-order valence-corrected chi connectivity index (χ3v) is 3.79. The molecule has 0 heterocycles. The van der Waals surface area contributed by atoms with Crippen molar-refractivity contribution in [2.45, 2.75) is 20.3 Å². The van der Waals surface area contributed by atoms with Crippen LogP contribution in [0, 0.1) is 18.8 Å². The third-order valence-electron chi connectivity index (χ3n) is 2.31. The molecule has 1 rings (SSSR count). The van der Waals surface area contributed by atoms with Crippen LogP contribution >= 0.6 is 0 Å². The van der Waals surface area contributed by atoms with Gasteiger partial charge in [-0.2, -0.15) is 0 Å². The topological polar surface area (TPSA) is 72.2 Å². The van der Waals surface area contributed by atoms with Gasteiger partial charge in [-0.25, -0.2) is 8.42 Å². The van der Waals surface area contributed by atoms with Gasteiger partial charge in [0.05, 0.1) is 18.0 Å². The van der Waals surface area contributed by atoms with Gasteiger partial charge in [0, 0.05) is 5.56 Å². The van der Waals surface area contributed by atoms with E-state index in [1.54, 1.807) is 6.07 Å². The largest absolute Gasteiger partial charge is 0.320 e. The van der Waals surface area contributed by atoms with E-state index in [0.29, 0.717) is 12.1 Å². The summed E-state index contributed by atoms with van der Waals surface area (Å²) in [6.07, 6.45) is 0.584. The fraction of sp³-hybridized carbons (Fsp3) is 0.385. The van der Waals surface area contributed by atoms with Crippen LogP contribution < -0.4 is 10.5 Å². The summed E-state index contributed by atoms with van der Waals surface area (Å²) in [4.78, 5) is 0. The molecule has 0 spiro atoms. The minimum Gasteiger partial charge on any atom is -0.320 e. The van der Waals surface area contributed by atoms with Crippen LogP contribution in [0.2, 0.25) is 0 Å². The Hall–Kier alpha value is -1.51. The molecule has 0 saturated carbocycles. The van der Waals surface area contributed by atoms with Gasteiger partial charge in [0.1, 0.15) is 0 Å². The number of sulfonamides is 1. The Balaban J connectivity index is 3.01. The van der Waals surface area contributed by atoms with Crippen molar-refractivity contribution in [3.8, 4) is 11.8 Å². The third kappa shape index (κ3) is 4.40. The molecule has 1 aromatic carbocycles. The van der Waals surface area contributed by atoms with Gasteiger partial charge in [-0.05, 0) is 31.0 Å². The van der Waals surface area contributed by atoms with Crippen molar-refractivity contribution in [1.82, 2.24) is 0 Å². The summed E-state index contributed by atoms with van der Waals surface area (Å²) in [6, 6.07) is 5.41. The molecular formula is C13H18N2O2S. The normalized spacial score (nSPS) is 10.6. The van der Waals surface area contributed by atoms with Gasteiger partial charge in [-0.15, -0.1) is 0 Å². The second-order valence-electron chi connectivity index (χ2n) is 3.96. The number of anilines is 1. The first-order valence-electron chi connectivity index (χ1n) is 5.78. The molecule has 0 aliphatic heterocycles. The molecule has 0 aromatic heterocycles. The quantitative estimate of drug-likeness (QED) is 0.810. The van der Waals surface area contributed by atoms with Crippen LogP contribution in [0.3, 0.4) is 0 Å². The van der Waals surface area contributed by atoms with E-state index in [-0.39, 0.29) is 12.3 Å². The summed E-state index contributed by atoms with van der Waals surface area (Å²) < 4.78 is 26.0. The molecule has 18 heavy (non-hydrogen) atoms. The van der Waals surface area contributed by atoms with Gasteiger partial charge in [-0.3, -0.25) is 4.72 Å². The molecule has 0 amide bonds. The van der Waals surface area contributed by atoms with Crippen molar-refractivity contribution in [3.63, 3.8) is 0 Å². The molecule has 0 unspecified atom stereocenters. The number of hydrogen-bond acceptors (Lipinski definition) is 3. The van der Waals surface area contributed by atoms with Crippen molar-refractivity contribution in [2.75, 3.05) is 17.0 Å². The van der Waals surface area contributed by atoms with Crippen LogP contribution in [-0.2, 0) is 10.0 Å². The van der Waals surface area contributed by atoms with Gasteiger partial charge in [0.15, 0.2) is 0 Å². The van der Waals surface area contributed by atoms with Crippen LogP contribution in [0.4, 0.5) is 5.69 Å². The fourth-order valence-electron chi connectivity index (χ4n) is 1.45. The zero-order valence-corrected chi connectivity index (χ0v) is 11.5.